The monoisotopic (exact) mass is 220 g/mol. The second-order valence-electron chi connectivity index (χ2n) is 2.64. The van der Waals surface area contributed by atoms with Crippen LogP contribution in [0.3, 0.4) is 0 Å². The van der Waals surface area contributed by atoms with E-state index in [0.717, 1.165) is 17.4 Å². The van der Waals surface area contributed by atoms with Crippen molar-refractivity contribution in [3.05, 3.63) is 3.98 Å². The molecule has 2 rings (SSSR count). The van der Waals surface area contributed by atoms with Crippen molar-refractivity contribution in [2.24, 2.45) is 0 Å². The van der Waals surface area contributed by atoms with Crippen molar-refractivity contribution in [2.45, 2.75) is 4.21 Å². The summed E-state index contributed by atoms with van der Waals surface area (Å²) in [5.74, 6) is 1.09. The molecule has 0 saturated heterocycles. The van der Waals surface area contributed by atoms with Gasteiger partial charge in [-0.15, -0.1) is 11.8 Å². The fourth-order valence-corrected chi connectivity index (χ4v) is 4.55. The number of hydrogen-bond acceptors (Lipinski definition) is 4. The molecule has 0 bridgehead atoms. The lowest BCUT2D eigenvalue weighted by Crippen LogP contribution is -2.14. The molecule has 0 atom stereocenters. The zero-order valence-electron chi connectivity index (χ0n) is 6.99. The first-order valence-corrected chi connectivity index (χ1v) is 6.29. The average molecular weight is 220 g/mol. The van der Waals surface area contributed by atoms with Gasteiger partial charge in [0, 0.05) is 5.75 Å². The van der Waals surface area contributed by atoms with Gasteiger partial charge in [-0.25, -0.2) is 4.58 Å². The van der Waals surface area contributed by atoms with E-state index in [9.17, 15) is 0 Å². The van der Waals surface area contributed by atoms with Gasteiger partial charge in [0.2, 0.25) is 5.06 Å². The van der Waals surface area contributed by atoms with Crippen molar-refractivity contribution in [3.8, 4) is 5.06 Å². The minimum atomic E-state index is 0.859. The molecule has 0 radical (unpaired) electrons. The van der Waals surface area contributed by atoms with Crippen molar-refractivity contribution in [1.82, 2.24) is 4.58 Å². The van der Waals surface area contributed by atoms with Crippen LogP contribution < -0.4 is 13.3 Å². The number of nitrogens with zero attached hydrogens (tertiary/aromatic N) is 1. The maximum Gasteiger partial charge on any atom is 0.318 e. The van der Waals surface area contributed by atoms with Gasteiger partial charge in [0.1, 0.15) is 18.3 Å². The molecule has 0 amide bonds. The molecule has 1 aliphatic rings. The molecule has 66 valence electrons. The Balaban J connectivity index is 2.52. The van der Waals surface area contributed by atoms with E-state index in [1.165, 1.54) is 8.19 Å². The Bertz CT molecular complexity index is 321. The van der Waals surface area contributed by atoms with Gasteiger partial charge in [-0.3, -0.25) is 0 Å². The molecule has 0 saturated carbocycles. The average Bonchev–Trinajstić information content (AvgIpc) is 2.46. The number of fused-ring (bicyclic) bond motifs is 1. The minimum absolute atomic E-state index is 0.859. The van der Waals surface area contributed by atoms with Crippen LogP contribution in [-0.2, 0) is 0 Å². The highest BCUT2D eigenvalue weighted by Gasteiger charge is 2.16. The summed E-state index contributed by atoms with van der Waals surface area (Å²) in [5, 5.41) is 1.11. The van der Waals surface area contributed by atoms with E-state index in [4.69, 9.17) is 4.74 Å². The van der Waals surface area contributed by atoms with Crippen molar-refractivity contribution in [3.63, 3.8) is 0 Å². The lowest BCUT2D eigenvalue weighted by Gasteiger charge is -2.09. The number of ether oxygens (including phenoxy) is 1. The molecule has 0 N–H and O–H groups in total. The minimum Gasteiger partial charge on any atom is -0.481 e. The topological polar surface area (TPSA) is 12.2 Å². The second kappa shape index (κ2) is 3.40. The smallest absolute Gasteiger partial charge is 0.318 e. The van der Waals surface area contributed by atoms with Crippen LogP contribution in [0.4, 0.5) is 0 Å². The van der Waals surface area contributed by atoms with E-state index in [-0.39, 0.29) is 0 Å². The first-order chi connectivity index (χ1) is 5.77. The first kappa shape index (κ1) is 8.59. The van der Waals surface area contributed by atoms with E-state index in [1.54, 1.807) is 11.3 Å². The molecule has 5 heteroatoms. The molecule has 1 aliphatic heterocycles. The van der Waals surface area contributed by atoms with Crippen LogP contribution in [0.2, 0.25) is 0 Å². The molecule has 0 aliphatic carbocycles. The maximum absolute atomic E-state index is 5.54. The third-order valence-electron chi connectivity index (χ3n) is 1.44. The first-order valence-electron chi connectivity index (χ1n) is 3.67. The summed E-state index contributed by atoms with van der Waals surface area (Å²) >= 11 is 5.47. The molecule has 2 nitrogen and oxygen atoms in total. The molecule has 2 heterocycles. The SMILES string of the molecule is C[N+](C)=c1sc2c(s1)SCCO2. The quantitative estimate of drug-likeness (QED) is 0.612. The molecule has 1 aromatic heterocycles. The van der Waals surface area contributed by atoms with E-state index >= 15 is 0 Å². The Morgan fingerprint density at radius 2 is 2.17 bits per heavy atom. The molecule has 0 unspecified atom stereocenters. The standard InChI is InChI=1S/C7H10NOS3/c1-8(2)7-11-5-6(12-7)10-4-3-9-5/h3-4H2,1-2H3/q+1. The van der Waals surface area contributed by atoms with Crippen LogP contribution in [0.1, 0.15) is 0 Å². The van der Waals surface area contributed by atoms with Gasteiger partial charge in [-0.05, 0) is 22.7 Å². The Hall–Kier alpha value is -0.0000000000000000278. The van der Waals surface area contributed by atoms with Gasteiger partial charge in [-0.1, -0.05) is 0 Å². The molecule has 0 fully saturated rings. The van der Waals surface area contributed by atoms with Gasteiger partial charge in [0.05, 0.1) is 6.61 Å². The zero-order chi connectivity index (χ0) is 8.55. The fourth-order valence-electron chi connectivity index (χ4n) is 0.891. The summed E-state index contributed by atoms with van der Waals surface area (Å²) in [6.45, 7) is 0.859. The Morgan fingerprint density at radius 1 is 1.33 bits per heavy atom. The van der Waals surface area contributed by atoms with E-state index < -0.39 is 0 Å². The molecular weight excluding hydrogens is 210 g/mol. The zero-order valence-corrected chi connectivity index (χ0v) is 9.44. The highest BCUT2D eigenvalue weighted by atomic mass is 32.2. The van der Waals surface area contributed by atoms with Gasteiger partial charge >= 0.3 is 3.98 Å². The van der Waals surface area contributed by atoms with Gasteiger partial charge < -0.3 is 4.74 Å². The van der Waals surface area contributed by atoms with Crippen LogP contribution in [0.15, 0.2) is 4.21 Å². The van der Waals surface area contributed by atoms with Gasteiger partial charge in [0.25, 0.3) is 0 Å². The summed E-state index contributed by atoms with van der Waals surface area (Å²) in [6, 6.07) is 0. The van der Waals surface area contributed by atoms with Crippen LogP contribution in [0, 0.1) is 0 Å². The lowest BCUT2D eigenvalue weighted by molar-refractivity contribution is 0.343. The molecular formula is C7H10NOS3+. The summed E-state index contributed by atoms with van der Waals surface area (Å²) in [4.78, 5) is 0. The summed E-state index contributed by atoms with van der Waals surface area (Å²) in [6.07, 6.45) is 0. The fraction of sp³-hybridized carbons (Fsp3) is 0.571. The highest BCUT2D eigenvalue weighted by Crippen LogP contribution is 2.38. The van der Waals surface area contributed by atoms with Crippen LogP contribution >= 0.6 is 34.4 Å². The van der Waals surface area contributed by atoms with E-state index in [0.29, 0.717) is 0 Å². The van der Waals surface area contributed by atoms with Crippen molar-refractivity contribution in [1.29, 1.82) is 0 Å². The Labute approximate surface area is 83.5 Å². The van der Waals surface area contributed by atoms with Crippen molar-refractivity contribution < 1.29 is 4.74 Å². The van der Waals surface area contributed by atoms with Crippen LogP contribution in [0.5, 0.6) is 5.06 Å². The molecule has 0 spiro atoms. The number of thioether (sulfide) groups is 1. The highest BCUT2D eigenvalue weighted by molar-refractivity contribution is 8.01. The van der Waals surface area contributed by atoms with Gasteiger partial charge in [-0.2, -0.15) is 0 Å². The molecule has 0 aromatic carbocycles. The van der Waals surface area contributed by atoms with Crippen LogP contribution in [0.25, 0.3) is 0 Å². The van der Waals surface area contributed by atoms with Crippen LogP contribution in [-0.4, -0.2) is 26.5 Å². The molecule has 1 aromatic rings. The van der Waals surface area contributed by atoms with E-state index in [1.807, 2.05) is 23.1 Å². The summed E-state index contributed by atoms with van der Waals surface area (Å²) in [7, 11) is 4.14. The van der Waals surface area contributed by atoms with E-state index in [2.05, 4.69) is 18.7 Å². The summed E-state index contributed by atoms with van der Waals surface area (Å²) in [5.41, 5.74) is 0. The predicted octanol–water partition coefficient (Wildman–Crippen LogP) is 1.33. The van der Waals surface area contributed by atoms with Crippen molar-refractivity contribution >= 4 is 34.4 Å². The molecule has 12 heavy (non-hydrogen) atoms. The Morgan fingerprint density at radius 3 is 2.83 bits per heavy atom. The predicted molar refractivity (Wildman–Crippen MR) is 55.5 cm³/mol. The maximum atomic E-state index is 5.54. The second-order valence-corrected chi connectivity index (χ2v) is 6.22. The normalized spacial score (nSPS) is 15.2. The third kappa shape index (κ3) is 1.53. The number of rotatable bonds is 0. The third-order valence-corrected chi connectivity index (χ3v) is 5.58. The largest absolute Gasteiger partial charge is 0.481 e. The van der Waals surface area contributed by atoms with Crippen molar-refractivity contribution in [2.75, 3.05) is 26.5 Å². The summed E-state index contributed by atoms with van der Waals surface area (Å²) < 4.78 is 10.3. The lowest BCUT2D eigenvalue weighted by atomic mass is 10.8. The Kier molecular flexibility index (Phi) is 2.43. The number of hydrogen-bond donors (Lipinski definition) is 0. The van der Waals surface area contributed by atoms with Gasteiger partial charge in [0.15, 0.2) is 0 Å².